The first-order valence-electron chi connectivity index (χ1n) is 8.50. The Hall–Kier alpha value is -1.15. The average Bonchev–Trinajstić information content (AvgIpc) is 2.65. The smallest absolute Gasteiger partial charge is 0.159 e. The number of Topliss-reactive ketones (excluding diaryl/α,β-unsaturated/α-hetero) is 1. The fraction of sp³-hybridized carbons (Fsp3) is 0.650. The molecule has 0 amide bonds. The lowest BCUT2D eigenvalue weighted by Gasteiger charge is -2.29. The van der Waals surface area contributed by atoms with Crippen LogP contribution in [0.4, 0.5) is 0 Å². The van der Waals surface area contributed by atoms with Gasteiger partial charge in [0.1, 0.15) is 0 Å². The van der Waals surface area contributed by atoms with Crippen LogP contribution in [0.2, 0.25) is 0 Å². The van der Waals surface area contributed by atoms with Gasteiger partial charge in [-0.3, -0.25) is 4.79 Å². The normalized spacial score (nSPS) is 38.8. The molecule has 0 aromatic carbocycles. The molecule has 1 saturated carbocycles. The molecule has 0 heterocycles. The van der Waals surface area contributed by atoms with E-state index in [4.69, 9.17) is 0 Å². The Morgan fingerprint density at radius 1 is 1.36 bits per heavy atom. The van der Waals surface area contributed by atoms with Crippen molar-refractivity contribution in [1.82, 2.24) is 0 Å². The van der Waals surface area contributed by atoms with Gasteiger partial charge in [-0.2, -0.15) is 0 Å². The largest absolute Gasteiger partial charge is 0.392 e. The predicted molar refractivity (Wildman–Crippen MR) is 91.5 cm³/mol. The summed E-state index contributed by atoms with van der Waals surface area (Å²) in [6.07, 6.45) is 7.89. The van der Waals surface area contributed by atoms with E-state index in [1.165, 1.54) is 11.1 Å². The van der Waals surface area contributed by atoms with E-state index >= 15 is 0 Å². The van der Waals surface area contributed by atoms with E-state index in [9.17, 15) is 9.90 Å². The van der Waals surface area contributed by atoms with Crippen molar-refractivity contribution >= 4 is 5.78 Å². The molecule has 0 spiro atoms. The molecular weight excluding hydrogens is 272 g/mol. The second-order valence-electron chi connectivity index (χ2n) is 7.76. The van der Waals surface area contributed by atoms with E-state index < -0.39 is 0 Å². The minimum atomic E-state index is -0.343. The molecule has 22 heavy (non-hydrogen) atoms. The van der Waals surface area contributed by atoms with Gasteiger partial charge in [0.2, 0.25) is 0 Å². The number of hydrogen-bond donors (Lipinski definition) is 1. The maximum Gasteiger partial charge on any atom is 0.159 e. The summed E-state index contributed by atoms with van der Waals surface area (Å²) in [5, 5.41) is 10.6. The quantitative estimate of drug-likeness (QED) is 0.567. The van der Waals surface area contributed by atoms with E-state index in [1.807, 2.05) is 0 Å². The van der Waals surface area contributed by atoms with Crippen LogP contribution >= 0.6 is 0 Å². The average molecular weight is 302 g/mol. The van der Waals surface area contributed by atoms with Gasteiger partial charge in [-0.15, -0.1) is 0 Å². The maximum absolute atomic E-state index is 12.5. The zero-order chi connectivity index (χ0) is 16.5. The van der Waals surface area contributed by atoms with Crippen LogP contribution in [-0.2, 0) is 4.79 Å². The van der Waals surface area contributed by atoms with Crippen LogP contribution in [-0.4, -0.2) is 17.0 Å². The fourth-order valence-corrected chi connectivity index (χ4v) is 4.14. The van der Waals surface area contributed by atoms with Crippen molar-refractivity contribution in [2.45, 2.75) is 65.9 Å². The second kappa shape index (κ2) is 6.54. The van der Waals surface area contributed by atoms with Crippen molar-refractivity contribution < 1.29 is 9.90 Å². The number of carbonyl (C=O) groups is 1. The molecule has 3 atom stereocenters. The highest BCUT2D eigenvalue weighted by atomic mass is 16.3. The fourth-order valence-electron chi connectivity index (χ4n) is 4.14. The summed E-state index contributed by atoms with van der Waals surface area (Å²) in [7, 11) is 0. The van der Waals surface area contributed by atoms with Crippen LogP contribution in [0.5, 0.6) is 0 Å². The highest BCUT2D eigenvalue weighted by molar-refractivity contribution is 5.95. The molecule has 0 aromatic heterocycles. The van der Waals surface area contributed by atoms with Crippen molar-refractivity contribution in [2.75, 3.05) is 0 Å². The minimum absolute atomic E-state index is 0.165. The van der Waals surface area contributed by atoms with Crippen LogP contribution in [0.1, 0.15) is 59.8 Å². The van der Waals surface area contributed by atoms with E-state index in [2.05, 4.69) is 46.4 Å². The molecule has 0 aromatic rings. The number of fused-ring (bicyclic) bond motifs is 1. The Kier molecular flexibility index (Phi) is 5.11. The molecule has 0 unspecified atom stereocenters. The second-order valence-corrected chi connectivity index (χ2v) is 7.76. The number of carbonyl (C=O) groups excluding carboxylic acids is 1. The molecule has 2 rings (SSSR count). The Labute approximate surface area is 135 Å². The van der Waals surface area contributed by atoms with Gasteiger partial charge in [-0.25, -0.2) is 0 Å². The minimum Gasteiger partial charge on any atom is -0.392 e. The summed E-state index contributed by atoms with van der Waals surface area (Å²) in [5.41, 5.74) is 3.12. The highest BCUT2D eigenvalue weighted by Gasteiger charge is 2.47. The first-order chi connectivity index (χ1) is 10.2. The zero-order valence-electron chi connectivity index (χ0n) is 14.5. The number of aliphatic hydroxyl groups excluding tert-OH is 1. The van der Waals surface area contributed by atoms with Crippen molar-refractivity contribution in [3.63, 3.8) is 0 Å². The van der Waals surface area contributed by atoms with Crippen molar-refractivity contribution in [1.29, 1.82) is 0 Å². The summed E-state index contributed by atoms with van der Waals surface area (Å²) in [4.78, 5) is 12.5. The standard InChI is InChI=1S/C20H30O2/c1-13(2)19-16-10-9-14(3)7-6-8-15(4)17(21)11-20(16,5)12-18(19)22/h7,10,13,18-19,22H,4,6,8-9,11-12H2,1-3,5H3/b14-7+,16-10-/t18-,19-,20+/m0/s1. The first kappa shape index (κ1) is 17.2. The highest BCUT2D eigenvalue weighted by Crippen LogP contribution is 2.52. The molecule has 0 saturated heterocycles. The number of aliphatic hydroxyl groups is 1. The Morgan fingerprint density at radius 3 is 2.68 bits per heavy atom. The molecule has 2 aliphatic rings. The van der Waals surface area contributed by atoms with Crippen LogP contribution < -0.4 is 0 Å². The molecule has 0 radical (unpaired) electrons. The van der Waals surface area contributed by atoms with Crippen molar-refractivity contribution in [2.24, 2.45) is 17.3 Å². The van der Waals surface area contributed by atoms with Gasteiger partial charge in [-0.05, 0) is 49.5 Å². The summed E-state index contributed by atoms with van der Waals surface area (Å²) < 4.78 is 0. The molecule has 122 valence electrons. The molecule has 2 heteroatoms. The summed E-state index contributed by atoms with van der Waals surface area (Å²) >= 11 is 0. The van der Waals surface area contributed by atoms with Gasteiger partial charge in [0.05, 0.1) is 6.10 Å². The third kappa shape index (κ3) is 3.43. The molecule has 2 aliphatic carbocycles. The van der Waals surface area contributed by atoms with Crippen LogP contribution in [0.25, 0.3) is 0 Å². The number of rotatable bonds is 1. The lowest BCUT2D eigenvalue weighted by atomic mass is 9.75. The van der Waals surface area contributed by atoms with Crippen molar-refractivity contribution in [3.05, 3.63) is 35.5 Å². The molecular formula is C20H30O2. The molecule has 1 N–H and O–H groups in total. The number of ketones is 1. The van der Waals surface area contributed by atoms with Gasteiger partial charge in [0, 0.05) is 12.3 Å². The van der Waals surface area contributed by atoms with Crippen LogP contribution in [0.15, 0.2) is 35.5 Å². The van der Waals surface area contributed by atoms with Gasteiger partial charge >= 0.3 is 0 Å². The topological polar surface area (TPSA) is 37.3 Å². The zero-order valence-corrected chi connectivity index (χ0v) is 14.5. The van der Waals surface area contributed by atoms with E-state index in [0.29, 0.717) is 18.8 Å². The summed E-state index contributed by atoms with van der Waals surface area (Å²) in [6, 6.07) is 0. The maximum atomic E-state index is 12.5. The van der Waals surface area contributed by atoms with Crippen LogP contribution in [0, 0.1) is 17.3 Å². The van der Waals surface area contributed by atoms with Gasteiger partial charge in [0.25, 0.3) is 0 Å². The summed E-state index contributed by atoms with van der Waals surface area (Å²) in [5.74, 6) is 0.716. The SMILES string of the molecule is C=C1CC/C=C(\C)C/C=C2/[C@H](C(C)C)[C@@H](O)C[C@@]2(C)CC1=O. The van der Waals surface area contributed by atoms with Gasteiger partial charge < -0.3 is 5.11 Å². The van der Waals surface area contributed by atoms with Gasteiger partial charge in [-0.1, -0.05) is 50.6 Å². The Bertz CT molecular complexity index is 524. The molecule has 1 fully saturated rings. The molecule has 2 nitrogen and oxygen atoms in total. The first-order valence-corrected chi connectivity index (χ1v) is 8.50. The number of hydrogen-bond acceptors (Lipinski definition) is 2. The third-order valence-electron chi connectivity index (χ3n) is 5.38. The summed E-state index contributed by atoms with van der Waals surface area (Å²) in [6.45, 7) is 12.6. The lowest BCUT2D eigenvalue weighted by Crippen LogP contribution is -2.23. The van der Waals surface area contributed by atoms with E-state index in [0.717, 1.165) is 24.8 Å². The van der Waals surface area contributed by atoms with E-state index in [-0.39, 0.29) is 23.2 Å². The Morgan fingerprint density at radius 2 is 2.05 bits per heavy atom. The monoisotopic (exact) mass is 302 g/mol. The number of allylic oxidation sites excluding steroid dienone is 4. The van der Waals surface area contributed by atoms with Gasteiger partial charge in [0.15, 0.2) is 5.78 Å². The van der Waals surface area contributed by atoms with Crippen LogP contribution in [0.3, 0.4) is 0 Å². The Balaban J connectivity index is 2.44. The molecule has 0 aliphatic heterocycles. The lowest BCUT2D eigenvalue weighted by molar-refractivity contribution is -0.117. The van der Waals surface area contributed by atoms with Crippen molar-refractivity contribution in [3.8, 4) is 0 Å². The molecule has 0 bridgehead atoms. The predicted octanol–water partition coefficient (Wildman–Crippen LogP) is 4.60. The third-order valence-corrected chi connectivity index (χ3v) is 5.38. The van der Waals surface area contributed by atoms with E-state index in [1.54, 1.807) is 0 Å².